The van der Waals surface area contributed by atoms with Gasteiger partial charge in [0.1, 0.15) is 0 Å². The lowest BCUT2D eigenvalue weighted by Crippen LogP contribution is -2.46. The molecule has 0 unspecified atom stereocenters. The van der Waals surface area contributed by atoms with Crippen LogP contribution in [0.15, 0.2) is 11.6 Å². The largest absolute Gasteiger partial charge is 0.377 e. The van der Waals surface area contributed by atoms with Gasteiger partial charge in [0.05, 0.1) is 13.2 Å². The first-order chi connectivity index (χ1) is 8.59. The van der Waals surface area contributed by atoms with E-state index >= 15 is 0 Å². The van der Waals surface area contributed by atoms with Gasteiger partial charge in [0.2, 0.25) is 0 Å². The highest BCUT2D eigenvalue weighted by Gasteiger charge is 2.26. The van der Waals surface area contributed by atoms with E-state index in [1.54, 1.807) is 6.08 Å². The number of carbonyl (C=O) groups is 1. The first-order valence-corrected chi connectivity index (χ1v) is 7.62. The van der Waals surface area contributed by atoms with Crippen molar-refractivity contribution >= 4 is 16.1 Å². The third-order valence-electron chi connectivity index (χ3n) is 3.13. The lowest BCUT2D eigenvalue weighted by molar-refractivity contribution is -0.116. The van der Waals surface area contributed by atoms with Crippen molar-refractivity contribution < 1.29 is 17.9 Å². The van der Waals surface area contributed by atoms with Crippen molar-refractivity contribution in [2.45, 2.75) is 25.7 Å². The highest BCUT2D eigenvalue weighted by Crippen LogP contribution is 2.13. The maximum Gasteiger partial charge on any atom is 0.304 e. The van der Waals surface area contributed by atoms with Crippen LogP contribution in [0.4, 0.5) is 0 Å². The van der Waals surface area contributed by atoms with Gasteiger partial charge in [-0.15, -0.1) is 0 Å². The van der Waals surface area contributed by atoms with Crippen LogP contribution in [0.5, 0.6) is 0 Å². The molecule has 0 aromatic carbocycles. The van der Waals surface area contributed by atoms with Gasteiger partial charge in [0, 0.05) is 25.1 Å². The molecule has 1 amide bonds. The number of rotatable bonds is 3. The van der Waals surface area contributed by atoms with Crippen molar-refractivity contribution in [2.24, 2.45) is 0 Å². The van der Waals surface area contributed by atoms with Crippen LogP contribution in [-0.4, -0.2) is 44.9 Å². The Balaban J connectivity index is 1.98. The predicted octanol–water partition coefficient (Wildman–Crippen LogP) is 0.180. The standard InChI is InChI=1S/C11H18N2O4S/c14-11(10-4-8-17-9-5-10)12-18(15,16)13-6-2-1-3-7-13/h4H,1-3,5-9H2,(H,12,14). The molecule has 6 nitrogen and oxygen atoms in total. The molecule has 0 radical (unpaired) electrons. The van der Waals surface area contributed by atoms with Gasteiger partial charge in [-0.05, 0) is 12.8 Å². The number of nitrogens with one attached hydrogen (secondary N) is 1. The minimum atomic E-state index is -3.68. The molecular formula is C11H18N2O4S. The highest BCUT2D eigenvalue weighted by atomic mass is 32.2. The normalized spacial score (nSPS) is 22.3. The van der Waals surface area contributed by atoms with Crippen molar-refractivity contribution in [2.75, 3.05) is 26.3 Å². The Labute approximate surface area is 107 Å². The zero-order valence-electron chi connectivity index (χ0n) is 10.2. The van der Waals surface area contributed by atoms with Crippen LogP contribution in [-0.2, 0) is 19.7 Å². The zero-order chi connectivity index (χ0) is 13.0. The molecule has 2 heterocycles. The third kappa shape index (κ3) is 3.30. The number of carbonyl (C=O) groups excluding carboxylic acids is 1. The number of ether oxygens (including phenoxy) is 1. The Morgan fingerprint density at radius 2 is 2.00 bits per heavy atom. The summed E-state index contributed by atoms with van der Waals surface area (Å²) in [5, 5.41) is 0. The van der Waals surface area contributed by atoms with E-state index < -0.39 is 16.1 Å². The molecule has 102 valence electrons. The maximum absolute atomic E-state index is 12.0. The Kier molecular flexibility index (Phi) is 4.36. The van der Waals surface area contributed by atoms with Gasteiger partial charge in [-0.25, -0.2) is 4.72 Å². The van der Waals surface area contributed by atoms with E-state index in [-0.39, 0.29) is 0 Å². The molecule has 0 aromatic rings. The summed E-state index contributed by atoms with van der Waals surface area (Å²) >= 11 is 0. The van der Waals surface area contributed by atoms with E-state index in [1.807, 2.05) is 0 Å². The first kappa shape index (κ1) is 13.5. The predicted molar refractivity (Wildman–Crippen MR) is 66.0 cm³/mol. The first-order valence-electron chi connectivity index (χ1n) is 6.18. The molecule has 2 aliphatic heterocycles. The Bertz CT molecular complexity index is 438. The summed E-state index contributed by atoms with van der Waals surface area (Å²) in [5.41, 5.74) is 0.488. The summed E-state index contributed by atoms with van der Waals surface area (Å²) in [6.07, 6.45) is 4.84. The third-order valence-corrected chi connectivity index (χ3v) is 4.62. The second-order valence-electron chi connectivity index (χ2n) is 4.45. The van der Waals surface area contributed by atoms with Crippen LogP contribution < -0.4 is 4.72 Å². The molecule has 1 saturated heterocycles. The van der Waals surface area contributed by atoms with Crippen LogP contribution in [0.1, 0.15) is 25.7 Å². The number of amides is 1. The summed E-state index contributed by atoms with van der Waals surface area (Å²) in [6, 6.07) is 0. The number of hydrogen-bond donors (Lipinski definition) is 1. The molecule has 0 atom stereocenters. The molecule has 0 aliphatic carbocycles. The minimum Gasteiger partial charge on any atom is -0.377 e. The molecule has 7 heteroatoms. The monoisotopic (exact) mass is 274 g/mol. The molecule has 2 rings (SSSR count). The Hall–Kier alpha value is -0.920. The molecule has 0 aromatic heterocycles. The van der Waals surface area contributed by atoms with Crippen LogP contribution in [0.2, 0.25) is 0 Å². The van der Waals surface area contributed by atoms with E-state index in [4.69, 9.17) is 4.74 Å². The highest BCUT2D eigenvalue weighted by molar-refractivity contribution is 7.87. The quantitative estimate of drug-likeness (QED) is 0.796. The number of hydrogen-bond acceptors (Lipinski definition) is 4. The lowest BCUT2D eigenvalue weighted by Gasteiger charge is -2.26. The average molecular weight is 274 g/mol. The van der Waals surface area contributed by atoms with E-state index in [0.29, 0.717) is 38.3 Å². The summed E-state index contributed by atoms with van der Waals surface area (Å²) in [7, 11) is -3.68. The number of nitrogens with zero attached hydrogens (tertiary/aromatic N) is 1. The van der Waals surface area contributed by atoms with Crippen LogP contribution in [0.25, 0.3) is 0 Å². The molecule has 1 N–H and O–H groups in total. The molecular weight excluding hydrogens is 256 g/mol. The second kappa shape index (κ2) is 5.81. The van der Waals surface area contributed by atoms with Gasteiger partial charge in [-0.3, -0.25) is 4.79 Å². The van der Waals surface area contributed by atoms with Gasteiger partial charge in [-0.2, -0.15) is 12.7 Å². The van der Waals surface area contributed by atoms with Crippen LogP contribution in [0.3, 0.4) is 0 Å². The molecule has 2 aliphatic rings. The fourth-order valence-electron chi connectivity index (χ4n) is 2.09. The summed E-state index contributed by atoms with van der Waals surface area (Å²) in [4.78, 5) is 11.8. The van der Waals surface area contributed by atoms with E-state index in [9.17, 15) is 13.2 Å². The molecule has 1 fully saturated rings. The SMILES string of the molecule is O=C(NS(=O)(=O)N1CCCCC1)C1=CCOCC1. The van der Waals surface area contributed by atoms with E-state index in [1.165, 1.54) is 4.31 Å². The lowest BCUT2D eigenvalue weighted by atomic mass is 10.1. The minimum absolute atomic E-state index is 0.368. The zero-order valence-corrected chi connectivity index (χ0v) is 11.0. The van der Waals surface area contributed by atoms with Crippen molar-refractivity contribution in [3.8, 4) is 0 Å². The molecule has 0 saturated carbocycles. The summed E-state index contributed by atoms with van der Waals surface area (Å²) < 4.78 is 32.5. The fourth-order valence-corrected chi connectivity index (χ4v) is 3.32. The van der Waals surface area contributed by atoms with Crippen molar-refractivity contribution in [1.82, 2.24) is 9.03 Å². The van der Waals surface area contributed by atoms with Gasteiger partial charge >= 0.3 is 10.2 Å². The molecule has 0 spiro atoms. The summed E-state index contributed by atoms with van der Waals surface area (Å²) in [5.74, 6) is -0.524. The summed E-state index contributed by atoms with van der Waals surface area (Å²) in [6.45, 7) is 1.81. The Morgan fingerprint density at radius 1 is 1.28 bits per heavy atom. The van der Waals surface area contributed by atoms with Crippen LogP contribution >= 0.6 is 0 Å². The van der Waals surface area contributed by atoms with Gasteiger partial charge in [-0.1, -0.05) is 12.5 Å². The fraction of sp³-hybridized carbons (Fsp3) is 0.727. The van der Waals surface area contributed by atoms with Gasteiger partial charge in [0.25, 0.3) is 5.91 Å². The molecule has 0 bridgehead atoms. The van der Waals surface area contributed by atoms with Crippen molar-refractivity contribution in [3.05, 3.63) is 11.6 Å². The topological polar surface area (TPSA) is 75.7 Å². The second-order valence-corrected chi connectivity index (χ2v) is 6.12. The molecule has 18 heavy (non-hydrogen) atoms. The number of piperidine rings is 1. The average Bonchev–Trinajstić information content (AvgIpc) is 2.40. The smallest absolute Gasteiger partial charge is 0.304 e. The van der Waals surface area contributed by atoms with Gasteiger partial charge in [0.15, 0.2) is 0 Å². The van der Waals surface area contributed by atoms with E-state index in [0.717, 1.165) is 19.3 Å². The van der Waals surface area contributed by atoms with Crippen LogP contribution in [0, 0.1) is 0 Å². The van der Waals surface area contributed by atoms with Crippen molar-refractivity contribution in [3.63, 3.8) is 0 Å². The van der Waals surface area contributed by atoms with Gasteiger partial charge < -0.3 is 4.74 Å². The maximum atomic E-state index is 12.0. The van der Waals surface area contributed by atoms with Crippen molar-refractivity contribution in [1.29, 1.82) is 0 Å². The Morgan fingerprint density at radius 3 is 2.61 bits per heavy atom. The van der Waals surface area contributed by atoms with E-state index in [2.05, 4.69) is 4.72 Å².